The van der Waals surface area contributed by atoms with Crippen molar-refractivity contribution >= 4 is 28.0 Å². The van der Waals surface area contributed by atoms with Crippen LogP contribution in [0.5, 0.6) is 0 Å². The summed E-state index contributed by atoms with van der Waals surface area (Å²) in [4.78, 5) is 16.4. The van der Waals surface area contributed by atoms with Crippen LogP contribution in [0.15, 0.2) is 17.8 Å². The van der Waals surface area contributed by atoms with Gasteiger partial charge in [-0.05, 0) is 13.8 Å². The number of amides is 1. The molecule has 0 atom stereocenters. The number of aryl methyl sites for hydroxylation is 2. The first-order valence-corrected chi connectivity index (χ1v) is 6.42. The molecule has 0 aromatic carbocycles. The van der Waals surface area contributed by atoms with Crippen molar-refractivity contribution in [1.82, 2.24) is 24.8 Å². The molecular formula is C11H10N6OS. The van der Waals surface area contributed by atoms with Crippen molar-refractivity contribution in [3.63, 3.8) is 0 Å². The molecule has 8 heteroatoms. The maximum Gasteiger partial charge on any atom is 0.260 e. The van der Waals surface area contributed by atoms with Gasteiger partial charge in [-0.15, -0.1) is 10.2 Å². The van der Waals surface area contributed by atoms with E-state index in [0.717, 1.165) is 17.0 Å². The van der Waals surface area contributed by atoms with Crippen LogP contribution < -0.4 is 5.32 Å². The summed E-state index contributed by atoms with van der Waals surface area (Å²) in [5, 5.41) is 14.9. The fourth-order valence-corrected chi connectivity index (χ4v) is 2.22. The van der Waals surface area contributed by atoms with Gasteiger partial charge in [0.2, 0.25) is 5.13 Å². The Hall–Kier alpha value is -2.35. The van der Waals surface area contributed by atoms with Gasteiger partial charge in [0, 0.05) is 12.3 Å². The molecule has 96 valence electrons. The highest BCUT2D eigenvalue weighted by Gasteiger charge is 2.14. The number of rotatable bonds is 2. The zero-order valence-electron chi connectivity index (χ0n) is 10.3. The lowest BCUT2D eigenvalue weighted by Gasteiger charge is -2.06. The predicted molar refractivity (Wildman–Crippen MR) is 70.3 cm³/mol. The largest absolute Gasteiger partial charge is 0.296 e. The molecule has 0 aliphatic heterocycles. The predicted octanol–water partition coefficient (Wildman–Crippen LogP) is 1.45. The fraction of sp³-hybridized carbons (Fsp3) is 0.182. The Labute approximate surface area is 112 Å². The molecule has 0 aliphatic rings. The Morgan fingerprint density at radius 2 is 2.26 bits per heavy atom. The van der Waals surface area contributed by atoms with E-state index in [1.165, 1.54) is 11.3 Å². The molecule has 0 saturated heterocycles. The Bertz CT molecular complexity index is 748. The molecule has 0 aliphatic carbocycles. The van der Waals surface area contributed by atoms with Crippen LogP contribution in [0.4, 0.5) is 5.13 Å². The summed E-state index contributed by atoms with van der Waals surface area (Å²) in [6.45, 7) is 3.71. The molecule has 3 rings (SSSR count). The smallest absolute Gasteiger partial charge is 0.260 e. The topological polar surface area (TPSA) is 85.1 Å². The summed E-state index contributed by atoms with van der Waals surface area (Å²) in [5.74, 6) is -0.267. The van der Waals surface area contributed by atoms with Gasteiger partial charge in [-0.1, -0.05) is 11.3 Å². The molecule has 3 heterocycles. The van der Waals surface area contributed by atoms with Gasteiger partial charge in [0.15, 0.2) is 5.65 Å². The molecule has 1 amide bonds. The molecule has 0 radical (unpaired) electrons. The first-order valence-electron chi connectivity index (χ1n) is 5.54. The summed E-state index contributed by atoms with van der Waals surface area (Å²) in [6.07, 6.45) is 1.54. The van der Waals surface area contributed by atoms with Gasteiger partial charge >= 0.3 is 0 Å². The van der Waals surface area contributed by atoms with Crippen LogP contribution in [0.1, 0.15) is 21.7 Å². The second-order valence-electron chi connectivity index (χ2n) is 4.01. The van der Waals surface area contributed by atoms with E-state index in [9.17, 15) is 4.79 Å². The Kier molecular flexibility index (Phi) is 2.71. The van der Waals surface area contributed by atoms with Crippen molar-refractivity contribution in [2.24, 2.45) is 0 Å². The minimum atomic E-state index is -0.267. The van der Waals surface area contributed by atoms with Crippen LogP contribution in [0.25, 0.3) is 5.65 Å². The van der Waals surface area contributed by atoms with Crippen LogP contribution in [0.3, 0.4) is 0 Å². The number of hydrogen-bond donors (Lipinski definition) is 1. The highest BCUT2D eigenvalue weighted by atomic mass is 32.1. The fourth-order valence-electron chi connectivity index (χ4n) is 1.78. The molecule has 1 N–H and O–H groups in total. The van der Waals surface area contributed by atoms with E-state index in [0.29, 0.717) is 10.7 Å². The average Bonchev–Trinajstić information content (AvgIpc) is 2.98. The van der Waals surface area contributed by atoms with Crippen molar-refractivity contribution in [2.45, 2.75) is 13.8 Å². The van der Waals surface area contributed by atoms with E-state index in [-0.39, 0.29) is 5.91 Å². The maximum absolute atomic E-state index is 12.1. The van der Waals surface area contributed by atoms with Crippen LogP contribution in [0.2, 0.25) is 0 Å². The van der Waals surface area contributed by atoms with E-state index in [1.807, 2.05) is 19.9 Å². The van der Waals surface area contributed by atoms with Gasteiger partial charge in [-0.3, -0.25) is 10.1 Å². The maximum atomic E-state index is 12.1. The van der Waals surface area contributed by atoms with Crippen molar-refractivity contribution < 1.29 is 4.79 Å². The standard InChI is InChI=1S/C11H10N6OS/c1-6-3-9-12-4-8(7(2)17(9)16-6)10(18)14-11-15-13-5-19-11/h3-5H,1-2H3,(H,14,15,18). The van der Waals surface area contributed by atoms with Crippen LogP contribution in [-0.4, -0.2) is 30.7 Å². The number of nitrogens with zero attached hydrogens (tertiary/aromatic N) is 5. The lowest BCUT2D eigenvalue weighted by molar-refractivity contribution is 0.102. The third-order valence-electron chi connectivity index (χ3n) is 2.67. The van der Waals surface area contributed by atoms with E-state index >= 15 is 0 Å². The third kappa shape index (κ3) is 2.06. The quantitative estimate of drug-likeness (QED) is 0.764. The first-order chi connectivity index (χ1) is 9.15. The number of fused-ring (bicyclic) bond motifs is 1. The van der Waals surface area contributed by atoms with Gasteiger partial charge in [0.1, 0.15) is 5.51 Å². The van der Waals surface area contributed by atoms with Gasteiger partial charge in [0.05, 0.1) is 17.0 Å². The summed E-state index contributed by atoms with van der Waals surface area (Å²) in [5.41, 5.74) is 4.34. The third-order valence-corrected chi connectivity index (χ3v) is 3.28. The molecule has 7 nitrogen and oxygen atoms in total. The van der Waals surface area contributed by atoms with Crippen LogP contribution in [-0.2, 0) is 0 Å². The second-order valence-corrected chi connectivity index (χ2v) is 4.84. The Morgan fingerprint density at radius 3 is 3.00 bits per heavy atom. The number of anilines is 1. The molecular weight excluding hydrogens is 264 g/mol. The van der Waals surface area contributed by atoms with Crippen LogP contribution >= 0.6 is 11.3 Å². The zero-order valence-corrected chi connectivity index (χ0v) is 11.1. The average molecular weight is 274 g/mol. The van der Waals surface area contributed by atoms with E-state index in [4.69, 9.17) is 0 Å². The molecule has 3 aromatic heterocycles. The van der Waals surface area contributed by atoms with Crippen molar-refractivity contribution in [2.75, 3.05) is 5.32 Å². The lowest BCUT2D eigenvalue weighted by Crippen LogP contribution is -2.16. The summed E-state index contributed by atoms with van der Waals surface area (Å²) in [6, 6.07) is 1.86. The monoisotopic (exact) mass is 274 g/mol. The van der Waals surface area contributed by atoms with Crippen molar-refractivity contribution in [3.8, 4) is 0 Å². The minimum Gasteiger partial charge on any atom is -0.296 e. The minimum absolute atomic E-state index is 0.267. The summed E-state index contributed by atoms with van der Waals surface area (Å²) in [7, 11) is 0. The highest BCUT2D eigenvalue weighted by molar-refractivity contribution is 7.13. The van der Waals surface area contributed by atoms with E-state index in [2.05, 4.69) is 25.6 Å². The number of carbonyl (C=O) groups excluding carboxylic acids is 1. The normalized spacial score (nSPS) is 10.8. The second kappa shape index (κ2) is 4.39. The number of carbonyl (C=O) groups is 1. The van der Waals surface area contributed by atoms with Crippen molar-refractivity contribution in [3.05, 3.63) is 34.7 Å². The SMILES string of the molecule is Cc1cc2ncc(C(=O)Nc3nncs3)c(C)n2n1. The Morgan fingerprint density at radius 1 is 1.42 bits per heavy atom. The summed E-state index contributed by atoms with van der Waals surface area (Å²) < 4.78 is 1.66. The van der Waals surface area contributed by atoms with E-state index in [1.54, 1.807) is 16.2 Å². The van der Waals surface area contributed by atoms with Crippen molar-refractivity contribution in [1.29, 1.82) is 0 Å². The van der Waals surface area contributed by atoms with Gasteiger partial charge in [-0.25, -0.2) is 9.50 Å². The molecule has 19 heavy (non-hydrogen) atoms. The van der Waals surface area contributed by atoms with Gasteiger partial charge in [0.25, 0.3) is 5.91 Å². The molecule has 0 fully saturated rings. The number of hydrogen-bond acceptors (Lipinski definition) is 6. The zero-order chi connectivity index (χ0) is 13.4. The molecule has 0 unspecified atom stereocenters. The number of nitrogens with one attached hydrogen (secondary N) is 1. The van der Waals surface area contributed by atoms with E-state index < -0.39 is 0 Å². The van der Waals surface area contributed by atoms with Gasteiger partial charge < -0.3 is 0 Å². The summed E-state index contributed by atoms with van der Waals surface area (Å²) >= 11 is 1.26. The number of aromatic nitrogens is 5. The molecule has 0 saturated carbocycles. The Balaban J connectivity index is 2.00. The first kappa shape index (κ1) is 11.7. The van der Waals surface area contributed by atoms with Crippen LogP contribution in [0, 0.1) is 13.8 Å². The van der Waals surface area contributed by atoms with Gasteiger partial charge in [-0.2, -0.15) is 5.10 Å². The molecule has 3 aromatic rings. The lowest BCUT2D eigenvalue weighted by atomic mass is 10.2. The highest BCUT2D eigenvalue weighted by Crippen LogP contribution is 2.14. The molecule has 0 spiro atoms. The molecule has 0 bridgehead atoms.